The van der Waals surface area contributed by atoms with E-state index in [4.69, 9.17) is 6.85 Å². The molecule has 0 radical (unpaired) electrons. The highest BCUT2D eigenvalue weighted by atomic mass is 14.5. The first-order chi connectivity index (χ1) is 5.46. The van der Waals surface area contributed by atoms with E-state index in [9.17, 15) is 0 Å². The molecule has 0 aliphatic rings. The molecule has 0 unspecified atom stereocenters. The molecule has 0 saturated carbocycles. The number of rotatable bonds is 0. The number of quaternary nitrogens is 1. The molecular weight excluding hydrogens is 86.1 g/mol. The highest BCUT2D eigenvalue weighted by molar-refractivity contribution is 5.25. The molecule has 0 atom stereocenters. The van der Waals surface area contributed by atoms with Crippen LogP contribution in [0, 0.1) is 0 Å². The number of hydrogen-bond acceptors (Lipinski definition) is 0. The Morgan fingerprint density at radius 1 is 1.29 bits per heavy atom. The zero-order valence-corrected chi connectivity index (χ0v) is 3.71. The van der Waals surface area contributed by atoms with Crippen molar-refractivity contribution in [1.29, 1.82) is 0 Å². The molecule has 0 aromatic heterocycles. The topological polar surface area (TPSA) is 27.6 Å². The first-order valence-electron chi connectivity index (χ1n) is 4.35. The van der Waals surface area contributed by atoms with Crippen molar-refractivity contribution < 1.29 is 12.6 Å². The second-order valence-electron chi connectivity index (χ2n) is 1.10. The van der Waals surface area contributed by atoms with Crippen molar-refractivity contribution in [3.05, 3.63) is 30.2 Å². The van der Waals surface area contributed by atoms with E-state index >= 15 is 0 Å². The zero-order chi connectivity index (χ0) is 9.46. The van der Waals surface area contributed by atoms with Gasteiger partial charge in [0.05, 0.1) is 6.85 Å². The molecule has 0 aliphatic carbocycles. The largest absolute Gasteiger partial charge is 0.325 e. The first kappa shape index (κ1) is 1.33. The van der Waals surface area contributed by atoms with Crippen LogP contribution in [-0.4, -0.2) is 0 Å². The van der Waals surface area contributed by atoms with Gasteiger partial charge in [-0.05, 0) is 12.1 Å². The van der Waals surface area contributed by atoms with Gasteiger partial charge in [0.2, 0.25) is 0 Å². The highest BCUT2D eigenvalue weighted by Crippen LogP contribution is 1.93. The quantitative estimate of drug-likeness (QED) is 0.492. The Kier molecular flexibility index (Phi) is 0.333. The van der Waals surface area contributed by atoms with E-state index in [1.807, 2.05) is 0 Å². The summed E-state index contributed by atoms with van der Waals surface area (Å²) in [6.45, 7) is 0. The minimum absolute atomic E-state index is 0.0426. The molecule has 36 valence electrons. The summed E-state index contributed by atoms with van der Waals surface area (Å²) in [6.07, 6.45) is 0. The fraction of sp³-hybridized carbons (Fsp3) is 0. The minimum Gasteiger partial charge on any atom is -0.325 e. The van der Waals surface area contributed by atoms with Crippen LogP contribution in [0.4, 0.5) is 5.69 Å². The van der Waals surface area contributed by atoms with Crippen LogP contribution in [0.1, 0.15) is 6.85 Å². The van der Waals surface area contributed by atoms with Crippen molar-refractivity contribution in [3.8, 4) is 0 Å². The van der Waals surface area contributed by atoms with E-state index in [0.29, 0.717) is 0 Å². The van der Waals surface area contributed by atoms with E-state index in [-0.39, 0.29) is 35.9 Å². The van der Waals surface area contributed by atoms with E-state index in [1.165, 1.54) is 0 Å². The molecule has 0 aliphatic heterocycles. The van der Waals surface area contributed by atoms with E-state index in [1.54, 1.807) is 0 Å². The van der Waals surface area contributed by atoms with Crippen molar-refractivity contribution in [2.75, 3.05) is 0 Å². The van der Waals surface area contributed by atoms with Crippen LogP contribution in [-0.2, 0) is 0 Å². The van der Waals surface area contributed by atoms with Crippen LogP contribution in [0.25, 0.3) is 0 Å². The average molecular weight is 99.2 g/mol. The Bertz CT molecular complexity index is 230. The van der Waals surface area contributed by atoms with E-state index < -0.39 is 0 Å². The number of hydrogen-bond donors (Lipinski definition) is 1. The van der Waals surface area contributed by atoms with Crippen molar-refractivity contribution in [2.45, 2.75) is 0 Å². The third kappa shape index (κ3) is 1.02. The molecule has 1 aromatic carbocycles. The van der Waals surface area contributed by atoms with Gasteiger partial charge in [-0.2, -0.15) is 0 Å². The molecule has 1 nitrogen and oxygen atoms in total. The second-order valence-corrected chi connectivity index (χ2v) is 1.10. The summed E-state index contributed by atoms with van der Waals surface area (Å²) in [7, 11) is 0. The molecule has 0 saturated heterocycles. The van der Waals surface area contributed by atoms with Gasteiger partial charge in [0.1, 0.15) is 5.69 Å². The Labute approximate surface area is 49.8 Å². The van der Waals surface area contributed by atoms with Crippen LogP contribution in [0.5, 0.6) is 0 Å². The lowest BCUT2D eigenvalue weighted by Gasteiger charge is -1.78. The van der Waals surface area contributed by atoms with Crippen LogP contribution >= 0.6 is 0 Å². The molecule has 0 spiro atoms. The zero-order valence-electron chi connectivity index (χ0n) is 8.71. The SMILES string of the molecule is [2H]c1c([2H])c([2H])c([NH3+])c([2H])c1[2H]. The Hall–Kier alpha value is -0.820. The summed E-state index contributed by atoms with van der Waals surface area (Å²) in [5.74, 6) is 0. The van der Waals surface area contributed by atoms with Gasteiger partial charge in [0.15, 0.2) is 0 Å². The predicted molar refractivity (Wildman–Crippen MR) is 29.0 cm³/mol. The van der Waals surface area contributed by atoms with Gasteiger partial charge in [0.25, 0.3) is 0 Å². The summed E-state index contributed by atoms with van der Waals surface area (Å²) in [5, 5.41) is 0. The number of benzene rings is 1. The van der Waals surface area contributed by atoms with E-state index in [2.05, 4.69) is 5.73 Å². The van der Waals surface area contributed by atoms with Crippen LogP contribution in [0.3, 0.4) is 0 Å². The Morgan fingerprint density at radius 3 is 2.43 bits per heavy atom. The van der Waals surface area contributed by atoms with Crippen molar-refractivity contribution in [1.82, 2.24) is 0 Å². The lowest BCUT2D eigenvalue weighted by atomic mass is 10.3. The molecule has 1 aromatic rings. The molecule has 3 N–H and O–H groups in total. The standard InChI is InChI=1S/C6H7N/c7-6-4-2-1-3-5-6/h1-5H,7H2/p+1/i1D,2D,3D,4D,5D. The summed E-state index contributed by atoms with van der Waals surface area (Å²) in [5.41, 5.74) is 3.43. The van der Waals surface area contributed by atoms with Crippen LogP contribution < -0.4 is 5.73 Å². The van der Waals surface area contributed by atoms with Crippen molar-refractivity contribution >= 4 is 5.69 Å². The van der Waals surface area contributed by atoms with Crippen molar-refractivity contribution in [3.63, 3.8) is 0 Å². The van der Waals surface area contributed by atoms with Gasteiger partial charge in [-0.1, -0.05) is 18.1 Å². The van der Waals surface area contributed by atoms with Crippen LogP contribution in [0.15, 0.2) is 30.2 Å². The summed E-state index contributed by atoms with van der Waals surface area (Å²) in [4.78, 5) is 0. The average Bonchev–Trinajstić information content (AvgIpc) is 2.08. The van der Waals surface area contributed by atoms with E-state index in [0.717, 1.165) is 0 Å². The Morgan fingerprint density at radius 2 is 1.86 bits per heavy atom. The fourth-order valence-electron chi connectivity index (χ4n) is 0.276. The predicted octanol–water partition coefficient (Wildman–Crippen LogP) is 0.560. The van der Waals surface area contributed by atoms with Gasteiger partial charge in [-0.25, -0.2) is 0 Å². The normalized spacial score (nSPS) is 18.7. The molecule has 0 fully saturated rings. The maximum Gasteiger partial charge on any atom is 0.127 e. The van der Waals surface area contributed by atoms with Gasteiger partial charge in [0, 0.05) is 0 Å². The summed E-state index contributed by atoms with van der Waals surface area (Å²) in [6, 6.07) is -1.51. The molecule has 0 bridgehead atoms. The monoisotopic (exact) mass is 99.1 g/mol. The lowest BCUT2D eigenvalue weighted by Crippen LogP contribution is -2.39. The third-order valence-electron chi connectivity index (χ3n) is 0.552. The third-order valence-corrected chi connectivity index (χ3v) is 0.552. The van der Waals surface area contributed by atoms with Gasteiger partial charge in [-0.15, -0.1) is 0 Å². The molecular formula is C6H8N+. The fourth-order valence-corrected chi connectivity index (χ4v) is 0.276. The Balaban J connectivity index is 3.60. The first-order valence-corrected chi connectivity index (χ1v) is 1.85. The van der Waals surface area contributed by atoms with Gasteiger partial charge < -0.3 is 5.73 Å². The second kappa shape index (κ2) is 1.76. The smallest absolute Gasteiger partial charge is 0.127 e. The van der Waals surface area contributed by atoms with Crippen molar-refractivity contribution in [2.24, 2.45) is 0 Å². The maximum absolute atomic E-state index is 7.25. The molecule has 1 heteroatoms. The summed E-state index contributed by atoms with van der Waals surface area (Å²) < 4.78 is 36.1. The lowest BCUT2D eigenvalue weighted by molar-refractivity contribution is -0.254. The molecule has 0 amide bonds. The highest BCUT2D eigenvalue weighted by Gasteiger charge is 1.77. The molecule has 1 rings (SSSR count). The van der Waals surface area contributed by atoms with Gasteiger partial charge in [-0.3, -0.25) is 0 Å². The molecule has 7 heavy (non-hydrogen) atoms. The van der Waals surface area contributed by atoms with Gasteiger partial charge >= 0.3 is 0 Å². The maximum atomic E-state index is 7.25. The minimum atomic E-state index is -0.377. The van der Waals surface area contributed by atoms with Crippen LogP contribution in [0.2, 0.25) is 0 Å². The summed E-state index contributed by atoms with van der Waals surface area (Å²) >= 11 is 0. The molecule has 0 heterocycles.